The number of anilines is 2. The zero-order chi connectivity index (χ0) is 14.7. The second kappa shape index (κ2) is 6.17. The molecule has 2 aromatic carbocycles. The number of aryl methyl sites for hydroxylation is 1. The van der Waals surface area contributed by atoms with Gasteiger partial charge in [0.2, 0.25) is 0 Å². The predicted octanol–water partition coefficient (Wildman–Crippen LogP) is 4.35. The zero-order valence-electron chi connectivity index (χ0n) is 12.4. The Morgan fingerprint density at radius 1 is 1.10 bits per heavy atom. The molecule has 21 heavy (non-hydrogen) atoms. The van der Waals surface area contributed by atoms with E-state index in [9.17, 15) is 4.39 Å². The monoisotopic (exact) mass is 284 g/mol. The number of halogens is 1. The van der Waals surface area contributed by atoms with Crippen LogP contribution in [0.5, 0.6) is 0 Å². The number of nitrogens with one attached hydrogen (secondary N) is 1. The molecule has 0 saturated carbocycles. The predicted molar refractivity (Wildman–Crippen MR) is 86.4 cm³/mol. The highest BCUT2D eigenvalue weighted by atomic mass is 19.1. The quantitative estimate of drug-likeness (QED) is 0.898. The second-order valence-corrected chi connectivity index (χ2v) is 5.64. The van der Waals surface area contributed by atoms with Crippen molar-refractivity contribution >= 4 is 11.4 Å². The molecule has 0 aromatic heterocycles. The summed E-state index contributed by atoms with van der Waals surface area (Å²) in [5.74, 6) is -0.159. The summed E-state index contributed by atoms with van der Waals surface area (Å²) in [5.41, 5.74) is 4.07. The smallest absolute Gasteiger partial charge is 0.128 e. The molecule has 0 atom stereocenters. The summed E-state index contributed by atoms with van der Waals surface area (Å²) >= 11 is 0. The van der Waals surface area contributed by atoms with Gasteiger partial charge < -0.3 is 10.2 Å². The van der Waals surface area contributed by atoms with E-state index < -0.39 is 0 Å². The van der Waals surface area contributed by atoms with Crippen molar-refractivity contribution in [2.24, 2.45) is 0 Å². The number of hydrogen-bond acceptors (Lipinski definition) is 2. The van der Waals surface area contributed by atoms with E-state index in [2.05, 4.69) is 34.5 Å². The lowest BCUT2D eigenvalue weighted by molar-refractivity contribution is 0.619. The van der Waals surface area contributed by atoms with Crippen molar-refractivity contribution in [3.63, 3.8) is 0 Å². The molecule has 2 nitrogen and oxygen atoms in total. The normalized spacial score (nSPS) is 14.5. The molecule has 3 heteroatoms. The summed E-state index contributed by atoms with van der Waals surface area (Å²) in [7, 11) is 0. The van der Waals surface area contributed by atoms with Gasteiger partial charge in [0.1, 0.15) is 5.82 Å². The van der Waals surface area contributed by atoms with E-state index in [4.69, 9.17) is 0 Å². The minimum atomic E-state index is -0.159. The van der Waals surface area contributed by atoms with Gasteiger partial charge in [0.15, 0.2) is 0 Å². The Morgan fingerprint density at radius 2 is 1.86 bits per heavy atom. The lowest BCUT2D eigenvalue weighted by Crippen LogP contribution is -2.19. The van der Waals surface area contributed by atoms with Gasteiger partial charge in [0.25, 0.3) is 0 Å². The average Bonchev–Trinajstić information content (AvgIpc) is 3.03. The second-order valence-electron chi connectivity index (χ2n) is 5.64. The van der Waals surface area contributed by atoms with Gasteiger partial charge in [-0.1, -0.05) is 24.3 Å². The molecular formula is C18H21FN2. The summed E-state index contributed by atoms with van der Waals surface area (Å²) in [4.78, 5) is 2.44. The van der Waals surface area contributed by atoms with Crippen LogP contribution < -0.4 is 10.2 Å². The van der Waals surface area contributed by atoms with Crippen LogP contribution in [0.4, 0.5) is 15.8 Å². The molecule has 1 saturated heterocycles. The fourth-order valence-corrected chi connectivity index (χ4v) is 2.83. The molecule has 0 amide bonds. The highest BCUT2D eigenvalue weighted by Crippen LogP contribution is 2.25. The molecule has 0 aliphatic carbocycles. The lowest BCUT2D eigenvalue weighted by Gasteiger charge is -2.21. The third kappa shape index (κ3) is 3.18. The highest BCUT2D eigenvalue weighted by Gasteiger charge is 2.15. The van der Waals surface area contributed by atoms with E-state index in [1.54, 1.807) is 13.0 Å². The van der Waals surface area contributed by atoms with Crippen LogP contribution in [-0.4, -0.2) is 13.1 Å². The molecule has 110 valence electrons. The third-order valence-electron chi connectivity index (χ3n) is 4.09. The summed E-state index contributed by atoms with van der Waals surface area (Å²) in [5, 5.41) is 3.33. The van der Waals surface area contributed by atoms with Crippen molar-refractivity contribution < 1.29 is 4.39 Å². The van der Waals surface area contributed by atoms with Crippen molar-refractivity contribution in [1.29, 1.82) is 0 Å². The van der Waals surface area contributed by atoms with Gasteiger partial charge in [-0.2, -0.15) is 0 Å². The maximum Gasteiger partial charge on any atom is 0.128 e. The molecular weight excluding hydrogens is 263 g/mol. The van der Waals surface area contributed by atoms with Gasteiger partial charge in [-0.25, -0.2) is 4.39 Å². The molecule has 1 aliphatic heterocycles. The summed E-state index contributed by atoms with van der Waals surface area (Å²) in [6.45, 7) is 4.77. The molecule has 0 radical (unpaired) electrons. The molecule has 0 bridgehead atoms. The van der Waals surface area contributed by atoms with Crippen LogP contribution in [0.3, 0.4) is 0 Å². The van der Waals surface area contributed by atoms with Gasteiger partial charge in [-0.3, -0.25) is 0 Å². The first-order valence-corrected chi connectivity index (χ1v) is 7.57. The van der Waals surface area contributed by atoms with Crippen LogP contribution in [0.15, 0.2) is 42.5 Å². The fraction of sp³-hybridized carbons (Fsp3) is 0.333. The Morgan fingerprint density at radius 3 is 2.62 bits per heavy atom. The number of benzene rings is 2. The lowest BCUT2D eigenvalue weighted by atomic mass is 10.1. The molecule has 1 fully saturated rings. The molecule has 1 heterocycles. The minimum Gasteiger partial charge on any atom is -0.381 e. The van der Waals surface area contributed by atoms with E-state index in [1.807, 2.05) is 12.1 Å². The zero-order valence-corrected chi connectivity index (χ0v) is 12.4. The van der Waals surface area contributed by atoms with E-state index >= 15 is 0 Å². The van der Waals surface area contributed by atoms with Crippen molar-refractivity contribution in [3.05, 3.63) is 59.4 Å². The van der Waals surface area contributed by atoms with Crippen molar-refractivity contribution in [2.45, 2.75) is 26.3 Å². The van der Waals surface area contributed by atoms with Crippen LogP contribution in [0.25, 0.3) is 0 Å². The van der Waals surface area contributed by atoms with Crippen LogP contribution in [0.1, 0.15) is 24.0 Å². The SMILES string of the molecule is Cc1ccc(NCc2ccccc2N2CCCC2)cc1F. The first kappa shape index (κ1) is 13.9. The van der Waals surface area contributed by atoms with E-state index in [1.165, 1.54) is 24.1 Å². The maximum atomic E-state index is 13.6. The summed E-state index contributed by atoms with van der Waals surface area (Å²) < 4.78 is 13.6. The fourth-order valence-electron chi connectivity index (χ4n) is 2.83. The largest absolute Gasteiger partial charge is 0.381 e. The number of para-hydroxylation sites is 1. The molecule has 0 unspecified atom stereocenters. The first-order valence-electron chi connectivity index (χ1n) is 7.57. The van der Waals surface area contributed by atoms with E-state index in [0.717, 1.165) is 25.3 Å². The van der Waals surface area contributed by atoms with E-state index in [0.29, 0.717) is 5.56 Å². The average molecular weight is 284 g/mol. The minimum absolute atomic E-state index is 0.159. The van der Waals surface area contributed by atoms with Crippen LogP contribution in [0.2, 0.25) is 0 Å². The maximum absolute atomic E-state index is 13.6. The first-order chi connectivity index (χ1) is 10.2. The van der Waals surface area contributed by atoms with Gasteiger partial charge in [0, 0.05) is 31.0 Å². The molecule has 1 aliphatic rings. The molecule has 1 N–H and O–H groups in total. The Kier molecular flexibility index (Phi) is 4.09. The Balaban J connectivity index is 1.74. The summed E-state index contributed by atoms with van der Waals surface area (Å²) in [6, 6.07) is 13.8. The Bertz CT molecular complexity index is 618. The van der Waals surface area contributed by atoms with Gasteiger partial charge in [-0.05, 0) is 49.1 Å². The Hall–Kier alpha value is -2.03. The van der Waals surface area contributed by atoms with Gasteiger partial charge in [0.05, 0.1) is 0 Å². The summed E-state index contributed by atoms with van der Waals surface area (Å²) in [6.07, 6.45) is 2.54. The van der Waals surface area contributed by atoms with Crippen LogP contribution in [-0.2, 0) is 6.54 Å². The van der Waals surface area contributed by atoms with Crippen molar-refractivity contribution in [3.8, 4) is 0 Å². The molecule has 0 spiro atoms. The van der Waals surface area contributed by atoms with Crippen LogP contribution in [0, 0.1) is 12.7 Å². The van der Waals surface area contributed by atoms with Crippen molar-refractivity contribution in [2.75, 3.05) is 23.3 Å². The standard InChI is InChI=1S/C18H21FN2/c1-14-8-9-16(12-17(14)19)20-13-15-6-2-3-7-18(15)21-10-4-5-11-21/h2-3,6-9,12,20H,4-5,10-11,13H2,1H3. The van der Waals surface area contributed by atoms with Crippen LogP contribution >= 0.6 is 0 Å². The topological polar surface area (TPSA) is 15.3 Å². The number of nitrogens with zero attached hydrogens (tertiary/aromatic N) is 1. The van der Waals surface area contributed by atoms with Gasteiger partial charge in [-0.15, -0.1) is 0 Å². The number of rotatable bonds is 4. The van der Waals surface area contributed by atoms with E-state index in [-0.39, 0.29) is 5.82 Å². The highest BCUT2D eigenvalue weighted by molar-refractivity contribution is 5.56. The van der Waals surface area contributed by atoms with Crippen molar-refractivity contribution in [1.82, 2.24) is 0 Å². The molecule has 3 rings (SSSR count). The number of hydrogen-bond donors (Lipinski definition) is 1. The Labute approximate surface area is 125 Å². The third-order valence-corrected chi connectivity index (χ3v) is 4.09. The molecule has 2 aromatic rings. The van der Waals surface area contributed by atoms with Gasteiger partial charge >= 0.3 is 0 Å².